The summed E-state index contributed by atoms with van der Waals surface area (Å²) in [7, 11) is 0. The fourth-order valence-corrected chi connectivity index (χ4v) is 2.62. The maximum Gasteiger partial charge on any atom is 0.310 e. The normalized spacial score (nSPS) is 30.4. The first kappa shape index (κ1) is 13.5. The number of ether oxygens (including phenoxy) is 1. The van der Waals surface area contributed by atoms with Gasteiger partial charge in [-0.25, -0.2) is 0 Å². The van der Waals surface area contributed by atoms with Crippen molar-refractivity contribution in [2.45, 2.75) is 59.6 Å². The molecule has 94 valence electrons. The second kappa shape index (κ2) is 4.02. The molecule has 0 amide bonds. The molecule has 0 aromatic rings. The lowest BCUT2D eigenvalue weighted by atomic mass is 9.53. The van der Waals surface area contributed by atoms with Crippen molar-refractivity contribution >= 4 is 5.97 Å². The molecule has 1 saturated carbocycles. The Morgan fingerprint density at radius 1 is 1.44 bits per heavy atom. The standard InChI is InChI=1S/C13H25NO2/c1-8(14)9-7-10(13(9,5)6)11(15)16-12(2,3)4/h8-10H,7,14H2,1-6H3/t8?,9-,10+/m0/s1. The van der Waals surface area contributed by atoms with E-state index in [1.807, 2.05) is 27.7 Å². The lowest BCUT2D eigenvalue weighted by molar-refractivity contribution is -0.177. The Kier molecular flexibility index (Phi) is 3.39. The van der Waals surface area contributed by atoms with Crippen molar-refractivity contribution in [3.05, 3.63) is 0 Å². The fourth-order valence-electron chi connectivity index (χ4n) is 2.62. The van der Waals surface area contributed by atoms with Crippen LogP contribution < -0.4 is 5.73 Å². The van der Waals surface area contributed by atoms with Gasteiger partial charge in [0.2, 0.25) is 0 Å². The van der Waals surface area contributed by atoms with Gasteiger partial charge in [0, 0.05) is 6.04 Å². The third kappa shape index (κ3) is 2.57. The Bertz CT molecular complexity index is 276. The first-order valence-corrected chi connectivity index (χ1v) is 6.04. The zero-order valence-corrected chi connectivity index (χ0v) is 11.3. The van der Waals surface area contributed by atoms with E-state index in [0.29, 0.717) is 5.92 Å². The summed E-state index contributed by atoms with van der Waals surface area (Å²) in [5, 5.41) is 0. The summed E-state index contributed by atoms with van der Waals surface area (Å²) in [6.07, 6.45) is 0.861. The van der Waals surface area contributed by atoms with Gasteiger partial charge in [0.05, 0.1) is 5.92 Å². The predicted octanol–water partition coefficient (Wildman–Crippen LogP) is 2.34. The van der Waals surface area contributed by atoms with Crippen LogP contribution in [0.5, 0.6) is 0 Å². The highest BCUT2D eigenvalue weighted by Gasteiger charge is 2.54. The fraction of sp³-hybridized carbons (Fsp3) is 0.923. The van der Waals surface area contributed by atoms with Crippen molar-refractivity contribution in [1.82, 2.24) is 0 Å². The van der Waals surface area contributed by atoms with Crippen LogP contribution in [-0.2, 0) is 9.53 Å². The number of carbonyl (C=O) groups excluding carboxylic acids is 1. The van der Waals surface area contributed by atoms with E-state index in [4.69, 9.17) is 10.5 Å². The molecule has 2 N–H and O–H groups in total. The molecular weight excluding hydrogens is 202 g/mol. The Labute approximate surface area is 98.7 Å². The van der Waals surface area contributed by atoms with Crippen molar-refractivity contribution in [3.8, 4) is 0 Å². The highest BCUT2D eigenvalue weighted by Crippen LogP contribution is 2.53. The Morgan fingerprint density at radius 2 is 1.94 bits per heavy atom. The molecule has 0 radical (unpaired) electrons. The summed E-state index contributed by atoms with van der Waals surface area (Å²) in [4.78, 5) is 12.0. The number of carbonyl (C=O) groups is 1. The van der Waals surface area contributed by atoms with E-state index in [0.717, 1.165) is 6.42 Å². The van der Waals surface area contributed by atoms with Crippen molar-refractivity contribution in [1.29, 1.82) is 0 Å². The minimum atomic E-state index is -0.396. The topological polar surface area (TPSA) is 52.3 Å². The highest BCUT2D eigenvalue weighted by atomic mass is 16.6. The smallest absolute Gasteiger partial charge is 0.310 e. The van der Waals surface area contributed by atoms with Gasteiger partial charge in [-0.1, -0.05) is 13.8 Å². The Balaban J connectivity index is 2.63. The quantitative estimate of drug-likeness (QED) is 0.737. The van der Waals surface area contributed by atoms with Crippen molar-refractivity contribution in [2.75, 3.05) is 0 Å². The molecule has 0 bridgehead atoms. The van der Waals surface area contributed by atoms with Gasteiger partial charge in [-0.15, -0.1) is 0 Å². The third-order valence-corrected chi connectivity index (χ3v) is 3.67. The molecule has 0 aromatic heterocycles. The predicted molar refractivity (Wildman–Crippen MR) is 64.9 cm³/mol. The minimum absolute atomic E-state index is 0.00252. The zero-order valence-electron chi connectivity index (χ0n) is 11.3. The van der Waals surface area contributed by atoms with Gasteiger partial charge in [-0.2, -0.15) is 0 Å². The molecule has 16 heavy (non-hydrogen) atoms. The summed E-state index contributed by atoms with van der Waals surface area (Å²) in [5.74, 6) is 0.349. The second-order valence-electron chi connectivity index (χ2n) is 6.61. The first-order valence-electron chi connectivity index (χ1n) is 6.04. The maximum atomic E-state index is 12.0. The molecule has 0 aromatic carbocycles. The van der Waals surface area contributed by atoms with E-state index in [9.17, 15) is 4.79 Å². The molecule has 0 aliphatic heterocycles. The summed E-state index contributed by atoms with van der Waals surface area (Å²) >= 11 is 0. The maximum absolute atomic E-state index is 12.0. The average Bonchev–Trinajstić information content (AvgIpc) is 1.97. The lowest BCUT2D eigenvalue weighted by Crippen LogP contribution is -2.56. The van der Waals surface area contributed by atoms with Crippen LogP contribution >= 0.6 is 0 Å². The monoisotopic (exact) mass is 227 g/mol. The van der Waals surface area contributed by atoms with Crippen LogP contribution in [0.15, 0.2) is 0 Å². The molecular formula is C13H25NO2. The van der Waals surface area contributed by atoms with Gasteiger partial charge in [-0.05, 0) is 45.4 Å². The van der Waals surface area contributed by atoms with Crippen LogP contribution in [0.1, 0.15) is 48.0 Å². The first-order chi connectivity index (χ1) is 7.05. The van der Waals surface area contributed by atoms with Crippen LogP contribution in [0.3, 0.4) is 0 Å². The third-order valence-electron chi connectivity index (χ3n) is 3.67. The van der Waals surface area contributed by atoms with Crippen LogP contribution in [0.25, 0.3) is 0 Å². The van der Waals surface area contributed by atoms with Crippen molar-refractivity contribution < 1.29 is 9.53 Å². The van der Waals surface area contributed by atoms with E-state index in [1.54, 1.807) is 0 Å². The summed E-state index contributed by atoms with van der Waals surface area (Å²) in [6.45, 7) is 11.9. The summed E-state index contributed by atoms with van der Waals surface area (Å²) in [6, 6.07) is 0.147. The number of hydrogen-bond acceptors (Lipinski definition) is 3. The molecule has 0 heterocycles. The van der Waals surface area contributed by atoms with E-state index in [1.165, 1.54) is 0 Å². The number of rotatable bonds is 2. The number of hydrogen-bond donors (Lipinski definition) is 1. The Morgan fingerprint density at radius 3 is 2.25 bits per heavy atom. The molecule has 1 unspecified atom stereocenters. The van der Waals surface area contributed by atoms with Crippen LogP contribution in [0, 0.1) is 17.3 Å². The van der Waals surface area contributed by atoms with Crippen LogP contribution in [0.4, 0.5) is 0 Å². The largest absolute Gasteiger partial charge is 0.460 e. The van der Waals surface area contributed by atoms with Gasteiger partial charge in [0.25, 0.3) is 0 Å². The molecule has 0 saturated heterocycles. The van der Waals surface area contributed by atoms with E-state index < -0.39 is 5.60 Å². The molecule has 3 atom stereocenters. The molecule has 1 aliphatic rings. The molecule has 1 rings (SSSR count). The van der Waals surface area contributed by atoms with Crippen molar-refractivity contribution in [3.63, 3.8) is 0 Å². The molecule has 1 fully saturated rings. The van der Waals surface area contributed by atoms with Crippen LogP contribution in [-0.4, -0.2) is 17.6 Å². The molecule has 0 spiro atoms. The molecule has 3 heteroatoms. The van der Waals surface area contributed by atoms with Gasteiger partial charge in [0.1, 0.15) is 5.60 Å². The van der Waals surface area contributed by atoms with Crippen LogP contribution in [0.2, 0.25) is 0 Å². The summed E-state index contributed by atoms with van der Waals surface area (Å²) < 4.78 is 5.43. The van der Waals surface area contributed by atoms with Gasteiger partial charge in [0.15, 0.2) is 0 Å². The van der Waals surface area contributed by atoms with E-state index in [-0.39, 0.29) is 23.3 Å². The van der Waals surface area contributed by atoms with E-state index >= 15 is 0 Å². The number of nitrogens with two attached hydrogens (primary N) is 1. The van der Waals surface area contributed by atoms with Gasteiger partial charge < -0.3 is 10.5 Å². The highest BCUT2D eigenvalue weighted by molar-refractivity contribution is 5.75. The minimum Gasteiger partial charge on any atom is -0.460 e. The SMILES string of the molecule is CC(N)[C@@H]1C[C@H](C(=O)OC(C)(C)C)C1(C)C. The van der Waals surface area contributed by atoms with Gasteiger partial charge in [-0.3, -0.25) is 4.79 Å². The summed E-state index contributed by atoms with van der Waals surface area (Å²) in [5.41, 5.74) is 5.48. The van der Waals surface area contributed by atoms with Crippen molar-refractivity contribution in [2.24, 2.45) is 23.0 Å². The Hall–Kier alpha value is -0.570. The second-order valence-corrected chi connectivity index (χ2v) is 6.61. The zero-order chi connectivity index (χ0) is 12.7. The average molecular weight is 227 g/mol. The molecule has 1 aliphatic carbocycles. The van der Waals surface area contributed by atoms with E-state index in [2.05, 4.69) is 13.8 Å². The molecule has 3 nitrogen and oxygen atoms in total. The lowest BCUT2D eigenvalue weighted by Gasteiger charge is -2.52. The number of esters is 1. The van der Waals surface area contributed by atoms with Gasteiger partial charge >= 0.3 is 5.97 Å².